The number of nitrogens with zero attached hydrogens (tertiary/aromatic N) is 3. The van der Waals surface area contributed by atoms with E-state index in [0.29, 0.717) is 28.2 Å². The van der Waals surface area contributed by atoms with Crippen molar-refractivity contribution in [2.75, 3.05) is 12.4 Å². The number of aryl methyl sites for hydroxylation is 1. The molecule has 1 atom stereocenters. The topological polar surface area (TPSA) is 82.2 Å². The van der Waals surface area contributed by atoms with Gasteiger partial charge in [0, 0.05) is 7.05 Å². The van der Waals surface area contributed by atoms with Crippen LogP contribution in [0, 0.1) is 6.92 Å². The van der Waals surface area contributed by atoms with Gasteiger partial charge >= 0.3 is 0 Å². The zero-order chi connectivity index (χ0) is 21.8. The molecule has 0 aliphatic rings. The number of carbonyl (C=O) groups excluding carboxylic acids is 1. The second-order valence-corrected chi connectivity index (χ2v) is 8.02. The first kappa shape index (κ1) is 20.7. The highest BCUT2D eigenvalue weighted by atomic mass is 32.2. The molecule has 8 heteroatoms. The summed E-state index contributed by atoms with van der Waals surface area (Å²) in [5.41, 5.74) is 2.51. The molecule has 7 nitrogen and oxygen atoms in total. The largest absolute Gasteiger partial charge is 0.495 e. The van der Waals surface area contributed by atoms with E-state index < -0.39 is 5.25 Å². The zero-order valence-electron chi connectivity index (χ0n) is 17.4. The van der Waals surface area contributed by atoms with Crippen LogP contribution in [-0.2, 0) is 11.8 Å². The van der Waals surface area contributed by atoms with E-state index in [0.717, 1.165) is 11.1 Å². The molecule has 0 saturated heterocycles. The zero-order valence-corrected chi connectivity index (χ0v) is 18.2. The third-order valence-corrected chi connectivity index (χ3v) is 6.04. The minimum Gasteiger partial charge on any atom is -0.495 e. The molecule has 0 radical (unpaired) electrons. The fraction of sp³-hybridized carbons (Fsp3) is 0.174. The number of carbonyl (C=O) groups is 1. The van der Waals surface area contributed by atoms with E-state index in [1.165, 1.54) is 11.8 Å². The highest BCUT2D eigenvalue weighted by Gasteiger charge is 2.26. The molecule has 1 amide bonds. The van der Waals surface area contributed by atoms with Crippen molar-refractivity contribution in [1.82, 2.24) is 14.8 Å². The number of hydrogen-bond acceptors (Lipinski definition) is 6. The number of rotatable bonds is 7. The summed E-state index contributed by atoms with van der Waals surface area (Å²) in [6.45, 7) is 1.97. The summed E-state index contributed by atoms with van der Waals surface area (Å²) in [5, 5.41) is 11.6. The second-order valence-electron chi connectivity index (χ2n) is 6.94. The van der Waals surface area contributed by atoms with Crippen molar-refractivity contribution >= 4 is 23.4 Å². The highest BCUT2D eigenvalue weighted by molar-refractivity contribution is 8.00. The predicted octanol–water partition coefficient (Wildman–Crippen LogP) is 4.86. The number of methoxy groups -OCH3 is 1. The molecule has 1 N–H and O–H groups in total. The molecule has 1 unspecified atom stereocenters. The molecular weight excluding hydrogens is 412 g/mol. The summed E-state index contributed by atoms with van der Waals surface area (Å²) in [4.78, 5) is 13.4. The lowest BCUT2D eigenvalue weighted by molar-refractivity contribution is -0.115. The number of benzene rings is 2. The number of hydrogen-bond donors (Lipinski definition) is 1. The van der Waals surface area contributed by atoms with Crippen LogP contribution in [0.1, 0.15) is 16.4 Å². The molecule has 4 aromatic rings. The maximum absolute atomic E-state index is 13.4. The van der Waals surface area contributed by atoms with E-state index >= 15 is 0 Å². The van der Waals surface area contributed by atoms with E-state index in [1.807, 2.05) is 73.1 Å². The number of amides is 1. The van der Waals surface area contributed by atoms with Crippen LogP contribution in [0.15, 0.2) is 76.5 Å². The fourth-order valence-electron chi connectivity index (χ4n) is 3.16. The molecule has 0 fully saturated rings. The summed E-state index contributed by atoms with van der Waals surface area (Å²) in [7, 11) is 3.43. The van der Waals surface area contributed by atoms with Crippen LogP contribution in [0.25, 0.3) is 11.6 Å². The molecule has 0 spiro atoms. The Morgan fingerprint density at radius 1 is 1.13 bits per heavy atom. The molecule has 0 aliphatic carbocycles. The monoisotopic (exact) mass is 434 g/mol. The first-order chi connectivity index (χ1) is 15.1. The quantitative estimate of drug-likeness (QED) is 0.418. The Hall–Kier alpha value is -3.52. The lowest BCUT2D eigenvalue weighted by Gasteiger charge is -2.18. The number of furan rings is 1. The Kier molecular flexibility index (Phi) is 6.08. The van der Waals surface area contributed by atoms with Crippen molar-refractivity contribution in [3.05, 3.63) is 78.1 Å². The van der Waals surface area contributed by atoms with E-state index in [-0.39, 0.29) is 5.91 Å². The molecule has 0 saturated carbocycles. The van der Waals surface area contributed by atoms with E-state index in [4.69, 9.17) is 9.15 Å². The van der Waals surface area contributed by atoms with Crippen molar-refractivity contribution in [1.29, 1.82) is 0 Å². The second kappa shape index (κ2) is 9.09. The molecule has 2 aromatic heterocycles. The van der Waals surface area contributed by atoms with Crippen LogP contribution in [0.3, 0.4) is 0 Å². The van der Waals surface area contributed by atoms with Crippen LogP contribution < -0.4 is 10.1 Å². The lowest BCUT2D eigenvalue weighted by atomic mass is 10.1. The van der Waals surface area contributed by atoms with Gasteiger partial charge in [0.15, 0.2) is 16.7 Å². The molecular formula is C23H22N4O3S. The summed E-state index contributed by atoms with van der Waals surface area (Å²) in [6.07, 6.45) is 1.59. The van der Waals surface area contributed by atoms with Crippen molar-refractivity contribution in [2.45, 2.75) is 17.3 Å². The maximum Gasteiger partial charge on any atom is 0.242 e. The Labute approximate surface area is 184 Å². The molecule has 0 aliphatic heterocycles. The first-order valence-electron chi connectivity index (χ1n) is 9.67. The summed E-state index contributed by atoms with van der Waals surface area (Å²) < 4.78 is 12.7. The molecule has 4 rings (SSSR count). The summed E-state index contributed by atoms with van der Waals surface area (Å²) >= 11 is 1.33. The van der Waals surface area contributed by atoms with Crippen molar-refractivity contribution in [3.63, 3.8) is 0 Å². The third-order valence-electron chi connectivity index (χ3n) is 4.75. The number of aromatic nitrogens is 3. The number of thioether (sulfide) groups is 1. The number of ether oxygens (including phenoxy) is 1. The average Bonchev–Trinajstić information content (AvgIpc) is 3.42. The number of anilines is 1. The van der Waals surface area contributed by atoms with Gasteiger partial charge in [-0.1, -0.05) is 48.2 Å². The minimum atomic E-state index is -0.543. The normalized spacial score (nSPS) is 11.8. The van der Waals surface area contributed by atoms with Crippen molar-refractivity contribution in [3.8, 4) is 17.3 Å². The molecule has 2 heterocycles. The van der Waals surface area contributed by atoms with Crippen LogP contribution >= 0.6 is 11.8 Å². The Bertz CT molecular complexity index is 1170. The maximum atomic E-state index is 13.4. The van der Waals surface area contributed by atoms with E-state index in [9.17, 15) is 4.79 Å². The van der Waals surface area contributed by atoms with Gasteiger partial charge in [-0.25, -0.2) is 0 Å². The standard InChI is InChI=1S/C23H22N4O3S/c1-15-11-12-18(29-3)17(14-15)24-22(28)20(16-8-5-4-6-9-16)31-23-26-25-21(27(23)2)19-10-7-13-30-19/h4-14,20H,1-3H3,(H,24,28). The van der Waals surface area contributed by atoms with Gasteiger partial charge in [-0.05, 0) is 42.3 Å². The predicted molar refractivity (Wildman–Crippen MR) is 120 cm³/mol. The highest BCUT2D eigenvalue weighted by Crippen LogP contribution is 2.37. The molecule has 158 valence electrons. The van der Waals surface area contributed by atoms with Crippen LogP contribution in [0.5, 0.6) is 5.75 Å². The molecule has 0 bridgehead atoms. The lowest BCUT2D eigenvalue weighted by Crippen LogP contribution is -2.20. The van der Waals surface area contributed by atoms with E-state index in [1.54, 1.807) is 19.4 Å². The van der Waals surface area contributed by atoms with Gasteiger partial charge in [0.05, 0.1) is 19.1 Å². The number of nitrogens with one attached hydrogen (secondary N) is 1. The van der Waals surface area contributed by atoms with Crippen molar-refractivity contribution in [2.24, 2.45) is 7.05 Å². The van der Waals surface area contributed by atoms with Crippen LogP contribution in [0.4, 0.5) is 5.69 Å². The fourth-order valence-corrected chi connectivity index (χ4v) is 4.16. The van der Waals surface area contributed by atoms with Crippen LogP contribution in [0.2, 0.25) is 0 Å². The van der Waals surface area contributed by atoms with Gasteiger partial charge in [0.1, 0.15) is 11.0 Å². The Balaban J connectivity index is 1.65. The van der Waals surface area contributed by atoms with Crippen molar-refractivity contribution < 1.29 is 13.9 Å². The van der Waals surface area contributed by atoms with E-state index in [2.05, 4.69) is 15.5 Å². The summed E-state index contributed by atoms with van der Waals surface area (Å²) in [5.74, 6) is 1.64. The average molecular weight is 435 g/mol. The van der Waals surface area contributed by atoms with Gasteiger partial charge in [-0.3, -0.25) is 4.79 Å². The Morgan fingerprint density at radius 3 is 2.65 bits per heavy atom. The first-order valence-corrected chi connectivity index (χ1v) is 10.5. The van der Waals surface area contributed by atoms with Crippen LogP contribution in [-0.4, -0.2) is 27.8 Å². The molecule has 31 heavy (non-hydrogen) atoms. The van der Waals surface area contributed by atoms with Gasteiger partial charge < -0.3 is 19.0 Å². The van der Waals surface area contributed by atoms with Gasteiger partial charge in [0.25, 0.3) is 0 Å². The Morgan fingerprint density at radius 2 is 1.94 bits per heavy atom. The minimum absolute atomic E-state index is 0.178. The third kappa shape index (κ3) is 4.49. The summed E-state index contributed by atoms with van der Waals surface area (Å²) in [6, 6.07) is 18.9. The smallest absolute Gasteiger partial charge is 0.242 e. The van der Waals surface area contributed by atoms with Gasteiger partial charge in [0.2, 0.25) is 5.91 Å². The van der Waals surface area contributed by atoms with Gasteiger partial charge in [-0.15, -0.1) is 10.2 Å². The SMILES string of the molecule is COc1ccc(C)cc1NC(=O)C(Sc1nnc(-c2ccco2)n1C)c1ccccc1. The van der Waals surface area contributed by atoms with Gasteiger partial charge in [-0.2, -0.15) is 0 Å². The molecule has 2 aromatic carbocycles.